The fourth-order valence-corrected chi connectivity index (χ4v) is 2.05. The molecule has 2 rings (SSSR count). The quantitative estimate of drug-likeness (QED) is 0.676. The van der Waals surface area contributed by atoms with Crippen molar-refractivity contribution >= 4 is 17.3 Å². The van der Waals surface area contributed by atoms with Gasteiger partial charge in [-0.05, 0) is 11.6 Å². The van der Waals surface area contributed by atoms with Crippen LogP contribution in [0.5, 0.6) is 0 Å². The van der Waals surface area contributed by atoms with E-state index < -0.39 is 10.7 Å². The van der Waals surface area contributed by atoms with E-state index in [-0.39, 0.29) is 10.7 Å². The zero-order chi connectivity index (χ0) is 14.5. The third kappa shape index (κ3) is 3.31. The van der Waals surface area contributed by atoms with Gasteiger partial charge in [-0.2, -0.15) is 0 Å². The van der Waals surface area contributed by atoms with Crippen molar-refractivity contribution in [3.63, 3.8) is 0 Å². The van der Waals surface area contributed by atoms with Crippen molar-refractivity contribution in [2.75, 3.05) is 0 Å². The smallest absolute Gasteiger partial charge is 0.273 e. The Morgan fingerprint density at radius 2 is 1.75 bits per heavy atom. The molecule has 2 aromatic rings. The average molecular weight is 295 g/mol. The van der Waals surface area contributed by atoms with Gasteiger partial charge in [0.15, 0.2) is 0 Å². The first kappa shape index (κ1) is 14.4. The third-order valence-electron chi connectivity index (χ3n) is 2.85. The van der Waals surface area contributed by atoms with Crippen molar-refractivity contribution < 1.29 is 9.31 Å². The van der Waals surface area contributed by atoms with Crippen LogP contribution >= 0.6 is 11.6 Å². The Hall–Kier alpha value is -1.98. The molecular weight excluding hydrogens is 283 g/mol. The van der Waals surface area contributed by atoms with Gasteiger partial charge in [-0.25, -0.2) is 4.39 Å². The van der Waals surface area contributed by atoms with Gasteiger partial charge in [0.2, 0.25) is 0 Å². The van der Waals surface area contributed by atoms with Crippen molar-refractivity contribution in [3.8, 4) is 0 Å². The second kappa shape index (κ2) is 6.45. The number of nitrogens with zero attached hydrogens (tertiary/aromatic N) is 1. The van der Waals surface area contributed by atoms with Crippen molar-refractivity contribution in [1.29, 1.82) is 0 Å². The summed E-state index contributed by atoms with van der Waals surface area (Å²) in [5, 5.41) is 14.0. The van der Waals surface area contributed by atoms with Gasteiger partial charge in [-0.1, -0.05) is 41.9 Å². The summed E-state index contributed by atoms with van der Waals surface area (Å²) in [6.07, 6.45) is 0. The number of hydrogen-bond donors (Lipinski definition) is 1. The number of nitro benzene ring substituents is 1. The molecule has 20 heavy (non-hydrogen) atoms. The van der Waals surface area contributed by atoms with E-state index in [4.69, 9.17) is 11.6 Å². The molecule has 0 saturated carbocycles. The second-order valence-corrected chi connectivity index (χ2v) is 4.58. The summed E-state index contributed by atoms with van der Waals surface area (Å²) in [4.78, 5) is 10.4. The lowest BCUT2D eigenvalue weighted by Gasteiger charge is -2.07. The van der Waals surface area contributed by atoms with Gasteiger partial charge >= 0.3 is 0 Å². The lowest BCUT2D eigenvalue weighted by molar-refractivity contribution is -0.385. The first-order valence-electron chi connectivity index (χ1n) is 5.95. The van der Waals surface area contributed by atoms with Crippen LogP contribution in [-0.2, 0) is 13.1 Å². The van der Waals surface area contributed by atoms with Gasteiger partial charge in [-0.15, -0.1) is 0 Å². The first-order valence-corrected chi connectivity index (χ1v) is 6.33. The van der Waals surface area contributed by atoms with Crippen molar-refractivity contribution in [3.05, 3.63) is 74.5 Å². The second-order valence-electron chi connectivity index (χ2n) is 4.20. The van der Waals surface area contributed by atoms with Crippen LogP contribution in [0.2, 0.25) is 5.02 Å². The Balaban J connectivity index is 2.03. The van der Waals surface area contributed by atoms with E-state index >= 15 is 0 Å². The molecule has 2 aromatic carbocycles. The molecule has 0 saturated heterocycles. The minimum atomic E-state index is -0.475. The van der Waals surface area contributed by atoms with Crippen LogP contribution in [-0.4, -0.2) is 4.92 Å². The predicted octanol–water partition coefficient (Wildman–Crippen LogP) is 3.68. The molecule has 0 amide bonds. The van der Waals surface area contributed by atoms with E-state index in [0.29, 0.717) is 24.2 Å². The highest BCUT2D eigenvalue weighted by Gasteiger charge is 2.12. The molecule has 0 fully saturated rings. The monoisotopic (exact) mass is 294 g/mol. The SMILES string of the molecule is O=[N+]([O-])c1ccccc1CNCc1cccc(F)c1Cl. The number of para-hydroxylation sites is 1. The summed E-state index contributed by atoms with van der Waals surface area (Å²) in [5.74, 6) is -0.475. The Kier molecular flexibility index (Phi) is 4.65. The Morgan fingerprint density at radius 3 is 2.50 bits per heavy atom. The highest BCUT2D eigenvalue weighted by atomic mass is 35.5. The van der Waals surface area contributed by atoms with Crippen molar-refractivity contribution in [2.24, 2.45) is 0 Å². The maximum Gasteiger partial charge on any atom is 0.273 e. The molecule has 0 atom stereocenters. The molecule has 0 spiro atoms. The number of nitro groups is 1. The molecule has 4 nitrogen and oxygen atoms in total. The van der Waals surface area contributed by atoms with Crippen LogP contribution in [0, 0.1) is 15.9 Å². The summed E-state index contributed by atoms with van der Waals surface area (Å²) in [6.45, 7) is 0.645. The molecule has 0 heterocycles. The molecule has 1 N–H and O–H groups in total. The van der Waals surface area contributed by atoms with E-state index in [0.717, 1.165) is 0 Å². The van der Waals surface area contributed by atoms with Gasteiger partial charge in [0, 0.05) is 24.7 Å². The van der Waals surface area contributed by atoms with Gasteiger partial charge in [0.25, 0.3) is 5.69 Å². The largest absolute Gasteiger partial charge is 0.308 e. The highest BCUT2D eigenvalue weighted by molar-refractivity contribution is 6.31. The molecule has 0 radical (unpaired) electrons. The maximum atomic E-state index is 13.3. The molecule has 0 unspecified atom stereocenters. The van der Waals surface area contributed by atoms with Crippen LogP contribution in [0.1, 0.15) is 11.1 Å². The summed E-state index contributed by atoms with van der Waals surface area (Å²) in [5.41, 5.74) is 1.25. The van der Waals surface area contributed by atoms with E-state index in [9.17, 15) is 14.5 Å². The summed E-state index contributed by atoms with van der Waals surface area (Å²) < 4.78 is 13.3. The summed E-state index contributed by atoms with van der Waals surface area (Å²) >= 11 is 5.83. The van der Waals surface area contributed by atoms with Crippen LogP contribution in [0.4, 0.5) is 10.1 Å². The molecule has 0 aliphatic heterocycles. The van der Waals surface area contributed by atoms with Crippen molar-refractivity contribution in [1.82, 2.24) is 5.32 Å². The lowest BCUT2D eigenvalue weighted by atomic mass is 10.1. The zero-order valence-electron chi connectivity index (χ0n) is 10.5. The molecule has 104 valence electrons. The maximum absolute atomic E-state index is 13.3. The molecule has 0 bridgehead atoms. The van der Waals surface area contributed by atoms with E-state index in [2.05, 4.69) is 5.32 Å². The van der Waals surface area contributed by atoms with E-state index in [1.54, 1.807) is 30.3 Å². The molecule has 0 aromatic heterocycles. The predicted molar refractivity (Wildman–Crippen MR) is 75.1 cm³/mol. The number of benzene rings is 2. The minimum Gasteiger partial charge on any atom is -0.308 e. The molecular formula is C14H12ClFN2O2. The standard InChI is InChI=1S/C14H12ClFN2O2/c15-14-11(5-3-6-12(14)16)9-17-8-10-4-1-2-7-13(10)18(19)20/h1-7,17H,8-9H2. The van der Waals surface area contributed by atoms with Gasteiger partial charge < -0.3 is 5.32 Å². The molecule has 0 aliphatic rings. The fourth-order valence-electron chi connectivity index (χ4n) is 1.86. The fraction of sp³-hybridized carbons (Fsp3) is 0.143. The number of rotatable bonds is 5. The Bertz CT molecular complexity index is 634. The third-order valence-corrected chi connectivity index (χ3v) is 3.27. The average Bonchev–Trinajstić information content (AvgIpc) is 2.44. The first-order chi connectivity index (χ1) is 9.59. The molecule has 6 heteroatoms. The normalized spacial score (nSPS) is 10.5. The minimum absolute atomic E-state index is 0.0605. The highest BCUT2D eigenvalue weighted by Crippen LogP contribution is 2.20. The Labute approximate surface area is 120 Å². The van der Waals surface area contributed by atoms with Gasteiger partial charge in [0.05, 0.1) is 9.95 Å². The topological polar surface area (TPSA) is 55.2 Å². The Morgan fingerprint density at radius 1 is 1.10 bits per heavy atom. The van der Waals surface area contributed by atoms with Crippen molar-refractivity contribution in [2.45, 2.75) is 13.1 Å². The number of halogens is 2. The number of hydrogen-bond acceptors (Lipinski definition) is 3. The summed E-state index contributed by atoms with van der Waals surface area (Å²) in [7, 11) is 0. The summed E-state index contributed by atoms with van der Waals surface area (Å²) in [6, 6.07) is 11.0. The zero-order valence-corrected chi connectivity index (χ0v) is 11.2. The van der Waals surface area contributed by atoms with E-state index in [1.165, 1.54) is 12.1 Å². The van der Waals surface area contributed by atoms with Crippen LogP contribution in [0.3, 0.4) is 0 Å². The van der Waals surface area contributed by atoms with Crippen LogP contribution in [0.25, 0.3) is 0 Å². The number of nitrogens with one attached hydrogen (secondary N) is 1. The van der Waals surface area contributed by atoms with Crippen LogP contribution < -0.4 is 5.32 Å². The van der Waals surface area contributed by atoms with Gasteiger partial charge in [-0.3, -0.25) is 10.1 Å². The van der Waals surface area contributed by atoms with E-state index in [1.807, 2.05) is 0 Å². The lowest BCUT2D eigenvalue weighted by Crippen LogP contribution is -2.14. The van der Waals surface area contributed by atoms with Gasteiger partial charge in [0.1, 0.15) is 5.82 Å². The molecule has 0 aliphatic carbocycles. The van der Waals surface area contributed by atoms with Crippen LogP contribution in [0.15, 0.2) is 42.5 Å².